The summed E-state index contributed by atoms with van der Waals surface area (Å²) in [5.41, 5.74) is 8.07. The molecule has 1 heterocycles. The van der Waals surface area contributed by atoms with E-state index >= 15 is 0 Å². The second kappa shape index (κ2) is 4.39. The molecule has 2 aliphatic rings. The average Bonchev–Trinajstić information content (AvgIpc) is 2.75. The third kappa shape index (κ3) is 1.98. The Morgan fingerprint density at radius 1 is 1.18 bits per heavy atom. The van der Waals surface area contributed by atoms with Crippen molar-refractivity contribution in [3.8, 4) is 0 Å². The van der Waals surface area contributed by atoms with Crippen LogP contribution in [0.4, 0.5) is 4.39 Å². The highest BCUT2D eigenvalue weighted by atomic mass is 19.1. The molecule has 1 unspecified atom stereocenters. The van der Waals surface area contributed by atoms with Crippen molar-refractivity contribution in [3.05, 3.63) is 35.1 Å². The standard InChI is InChI=1S/C14H19FN2/c15-13-3-1-2-12-11(13)4-5-14(12)17-8-6-10(16)7-9-17/h1-3,10,14H,4-9,16H2. The van der Waals surface area contributed by atoms with E-state index < -0.39 is 0 Å². The first kappa shape index (κ1) is 11.2. The van der Waals surface area contributed by atoms with Gasteiger partial charge in [-0.15, -0.1) is 0 Å². The van der Waals surface area contributed by atoms with Gasteiger partial charge in [-0.25, -0.2) is 4.39 Å². The summed E-state index contributed by atoms with van der Waals surface area (Å²) >= 11 is 0. The lowest BCUT2D eigenvalue weighted by Gasteiger charge is -2.35. The molecule has 2 nitrogen and oxygen atoms in total. The summed E-state index contributed by atoms with van der Waals surface area (Å²) in [5, 5.41) is 0. The van der Waals surface area contributed by atoms with E-state index in [1.165, 1.54) is 5.56 Å². The third-order valence-electron chi connectivity index (χ3n) is 4.20. The first-order valence-electron chi connectivity index (χ1n) is 6.52. The molecule has 1 fully saturated rings. The van der Waals surface area contributed by atoms with Crippen molar-refractivity contribution in [2.24, 2.45) is 5.73 Å². The normalized spacial score (nSPS) is 26.1. The molecule has 1 saturated heterocycles. The van der Waals surface area contributed by atoms with Crippen LogP contribution in [-0.4, -0.2) is 24.0 Å². The number of hydrogen-bond acceptors (Lipinski definition) is 2. The zero-order chi connectivity index (χ0) is 11.8. The summed E-state index contributed by atoms with van der Waals surface area (Å²) in [4.78, 5) is 2.48. The quantitative estimate of drug-likeness (QED) is 0.807. The Kier molecular flexibility index (Phi) is 2.89. The van der Waals surface area contributed by atoms with Gasteiger partial charge >= 0.3 is 0 Å². The number of rotatable bonds is 1. The smallest absolute Gasteiger partial charge is 0.126 e. The van der Waals surface area contributed by atoms with Crippen LogP contribution in [0.25, 0.3) is 0 Å². The molecule has 3 heteroatoms. The molecule has 3 rings (SSSR count). The zero-order valence-corrected chi connectivity index (χ0v) is 10.0. The van der Waals surface area contributed by atoms with Gasteiger partial charge in [-0.1, -0.05) is 12.1 Å². The maximum atomic E-state index is 13.7. The number of nitrogens with two attached hydrogens (primary N) is 1. The summed E-state index contributed by atoms with van der Waals surface area (Å²) in [6.45, 7) is 2.11. The van der Waals surface area contributed by atoms with Crippen molar-refractivity contribution >= 4 is 0 Å². The Hall–Kier alpha value is -0.930. The molecule has 92 valence electrons. The van der Waals surface area contributed by atoms with Crippen LogP contribution in [0.3, 0.4) is 0 Å². The average molecular weight is 234 g/mol. The Bertz CT molecular complexity index is 411. The highest BCUT2D eigenvalue weighted by Crippen LogP contribution is 2.37. The van der Waals surface area contributed by atoms with E-state index in [1.54, 1.807) is 6.07 Å². The highest BCUT2D eigenvalue weighted by molar-refractivity contribution is 5.35. The van der Waals surface area contributed by atoms with Gasteiger partial charge in [-0.05, 0) is 42.9 Å². The van der Waals surface area contributed by atoms with Crippen molar-refractivity contribution in [3.63, 3.8) is 0 Å². The summed E-state index contributed by atoms with van der Waals surface area (Å²) in [7, 11) is 0. The van der Waals surface area contributed by atoms with Gasteiger partial charge in [0, 0.05) is 25.2 Å². The van der Waals surface area contributed by atoms with E-state index in [-0.39, 0.29) is 5.82 Å². The SMILES string of the molecule is NC1CCN(C2CCc3c(F)cccc32)CC1. The fourth-order valence-corrected chi connectivity index (χ4v) is 3.20. The maximum absolute atomic E-state index is 13.7. The van der Waals surface area contributed by atoms with E-state index in [1.807, 2.05) is 6.07 Å². The summed E-state index contributed by atoms with van der Waals surface area (Å²) in [6.07, 6.45) is 4.09. The lowest BCUT2D eigenvalue weighted by atomic mass is 10.0. The third-order valence-corrected chi connectivity index (χ3v) is 4.20. The molecule has 0 aromatic heterocycles. The Morgan fingerprint density at radius 3 is 2.71 bits per heavy atom. The second-order valence-electron chi connectivity index (χ2n) is 5.24. The van der Waals surface area contributed by atoms with E-state index in [4.69, 9.17) is 5.73 Å². The summed E-state index contributed by atoms with van der Waals surface area (Å²) in [5.74, 6) is -0.0290. The first-order valence-corrected chi connectivity index (χ1v) is 6.52. The van der Waals surface area contributed by atoms with Crippen molar-refractivity contribution in [1.29, 1.82) is 0 Å². The largest absolute Gasteiger partial charge is 0.328 e. The molecule has 0 amide bonds. The van der Waals surface area contributed by atoms with Gasteiger partial charge in [0.25, 0.3) is 0 Å². The molecule has 1 aromatic rings. The molecular weight excluding hydrogens is 215 g/mol. The highest BCUT2D eigenvalue weighted by Gasteiger charge is 2.31. The van der Waals surface area contributed by atoms with Gasteiger partial charge in [0.15, 0.2) is 0 Å². The lowest BCUT2D eigenvalue weighted by molar-refractivity contribution is 0.153. The molecule has 1 aliphatic carbocycles. The molecule has 17 heavy (non-hydrogen) atoms. The number of fused-ring (bicyclic) bond motifs is 1. The van der Waals surface area contributed by atoms with Crippen LogP contribution in [-0.2, 0) is 6.42 Å². The Labute approximate surface area is 102 Å². The van der Waals surface area contributed by atoms with Crippen LogP contribution < -0.4 is 5.73 Å². The number of piperidine rings is 1. The van der Waals surface area contributed by atoms with Crippen molar-refractivity contribution < 1.29 is 4.39 Å². The van der Waals surface area contributed by atoms with Gasteiger partial charge in [-0.3, -0.25) is 4.90 Å². The molecule has 0 spiro atoms. The lowest BCUT2D eigenvalue weighted by Crippen LogP contribution is -2.41. The van der Waals surface area contributed by atoms with Gasteiger partial charge in [0.1, 0.15) is 5.82 Å². The van der Waals surface area contributed by atoms with Crippen LogP contribution in [0, 0.1) is 5.82 Å². The van der Waals surface area contributed by atoms with Gasteiger partial charge in [-0.2, -0.15) is 0 Å². The molecule has 1 aromatic carbocycles. The van der Waals surface area contributed by atoms with Gasteiger partial charge in [0.2, 0.25) is 0 Å². The van der Waals surface area contributed by atoms with Crippen LogP contribution in [0.5, 0.6) is 0 Å². The number of halogens is 1. The van der Waals surface area contributed by atoms with Crippen LogP contribution in [0.1, 0.15) is 36.4 Å². The van der Waals surface area contributed by atoms with Crippen LogP contribution in [0.15, 0.2) is 18.2 Å². The fourth-order valence-electron chi connectivity index (χ4n) is 3.20. The van der Waals surface area contributed by atoms with Crippen LogP contribution >= 0.6 is 0 Å². The van der Waals surface area contributed by atoms with Gasteiger partial charge in [0.05, 0.1) is 0 Å². The van der Waals surface area contributed by atoms with E-state index in [9.17, 15) is 4.39 Å². The Balaban J connectivity index is 1.82. The molecule has 0 bridgehead atoms. The van der Waals surface area contributed by atoms with Crippen molar-refractivity contribution in [1.82, 2.24) is 4.90 Å². The zero-order valence-electron chi connectivity index (χ0n) is 10.0. The first-order chi connectivity index (χ1) is 8.25. The fraction of sp³-hybridized carbons (Fsp3) is 0.571. The minimum Gasteiger partial charge on any atom is -0.328 e. The van der Waals surface area contributed by atoms with E-state index in [0.29, 0.717) is 12.1 Å². The Morgan fingerprint density at radius 2 is 1.94 bits per heavy atom. The minimum atomic E-state index is -0.0290. The van der Waals surface area contributed by atoms with E-state index in [0.717, 1.165) is 44.3 Å². The number of benzene rings is 1. The molecule has 1 aliphatic heterocycles. The predicted molar refractivity (Wildman–Crippen MR) is 66.2 cm³/mol. The van der Waals surface area contributed by atoms with Crippen molar-refractivity contribution in [2.45, 2.75) is 37.8 Å². The molecule has 2 N–H and O–H groups in total. The number of likely N-dealkylation sites (tertiary alicyclic amines) is 1. The molecular formula is C14H19FN2. The summed E-state index contributed by atoms with van der Waals surface area (Å²) in [6, 6.07) is 6.29. The number of hydrogen-bond donors (Lipinski definition) is 1. The monoisotopic (exact) mass is 234 g/mol. The molecule has 0 radical (unpaired) electrons. The molecule has 0 saturated carbocycles. The second-order valence-corrected chi connectivity index (χ2v) is 5.24. The predicted octanol–water partition coefficient (Wildman–Crippen LogP) is 2.24. The van der Waals surface area contributed by atoms with Crippen LogP contribution in [0.2, 0.25) is 0 Å². The molecule has 1 atom stereocenters. The van der Waals surface area contributed by atoms with E-state index in [2.05, 4.69) is 11.0 Å². The van der Waals surface area contributed by atoms with Gasteiger partial charge < -0.3 is 5.73 Å². The topological polar surface area (TPSA) is 29.3 Å². The number of nitrogens with zero attached hydrogens (tertiary/aromatic N) is 1. The van der Waals surface area contributed by atoms with Crippen molar-refractivity contribution in [2.75, 3.05) is 13.1 Å². The summed E-state index contributed by atoms with van der Waals surface area (Å²) < 4.78 is 13.7. The maximum Gasteiger partial charge on any atom is 0.126 e. The minimum absolute atomic E-state index is 0.0290.